The summed E-state index contributed by atoms with van der Waals surface area (Å²) >= 11 is 0. The van der Waals surface area contributed by atoms with Gasteiger partial charge < -0.3 is 24.3 Å². The molecule has 0 saturated heterocycles. The highest BCUT2D eigenvalue weighted by atomic mass is 16.6. The number of furan rings is 1. The molecule has 1 amide bonds. The molecule has 1 heterocycles. The van der Waals surface area contributed by atoms with E-state index in [1.807, 2.05) is 24.3 Å². The maximum atomic E-state index is 13.1. The van der Waals surface area contributed by atoms with Crippen molar-refractivity contribution in [1.29, 1.82) is 0 Å². The van der Waals surface area contributed by atoms with E-state index in [0.717, 1.165) is 10.8 Å². The number of anilines is 1. The van der Waals surface area contributed by atoms with Crippen molar-refractivity contribution in [2.75, 3.05) is 19.0 Å². The summed E-state index contributed by atoms with van der Waals surface area (Å²) in [5.41, 5.74) is 0.247. The van der Waals surface area contributed by atoms with Gasteiger partial charge in [-0.1, -0.05) is 78.9 Å². The number of methoxy groups -OCH3 is 1. The van der Waals surface area contributed by atoms with Crippen molar-refractivity contribution in [2.45, 2.75) is 5.60 Å². The molecular formula is C29H23NO6. The molecule has 4 aromatic carbocycles. The molecule has 0 fully saturated rings. The van der Waals surface area contributed by atoms with Gasteiger partial charge in [0.2, 0.25) is 5.60 Å². The van der Waals surface area contributed by atoms with Gasteiger partial charge in [0.15, 0.2) is 6.61 Å². The average Bonchev–Trinajstić information content (AvgIpc) is 3.29. The molecule has 36 heavy (non-hydrogen) atoms. The van der Waals surface area contributed by atoms with Crippen LogP contribution in [0, 0.1) is 0 Å². The van der Waals surface area contributed by atoms with Gasteiger partial charge in [0, 0.05) is 16.8 Å². The lowest BCUT2D eigenvalue weighted by molar-refractivity contribution is -0.163. The predicted molar refractivity (Wildman–Crippen MR) is 136 cm³/mol. The van der Waals surface area contributed by atoms with Crippen LogP contribution in [0.15, 0.2) is 101 Å². The van der Waals surface area contributed by atoms with Crippen LogP contribution in [-0.2, 0) is 19.9 Å². The molecular weight excluding hydrogens is 458 g/mol. The summed E-state index contributed by atoms with van der Waals surface area (Å²) in [5, 5.41) is 15.9. The normalized spacial score (nSPS) is 11.4. The van der Waals surface area contributed by atoms with E-state index in [1.165, 1.54) is 7.11 Å². The minimum atomic E-state index is -2.08. The number of fused-ring (bicyclic) bond motifs is 3. The maximum absolute atomic E-state index is 13.1. The van der Waals surface area contributed by atoms with Crippen LogP contribution >= 0.6 is 0 Å². The molecule has 0 atom stereocenters. The molecule has 0 saturated carbocycles. The summed E-state index contributed by atoms with van der Waals surface area (Å²) in [5.74, 6) is -1.13. The Balaban J connectivity index is 1.36. The van der Waals surface area contributed by atoms with Crippen LogP contribution in [0.1, 0.15) is 11.1 Å². The van der Waals surface area contributed by atoms with Crippen LogP contribution in [-0.4, -0.2) is 30.7 Å². The molecule has 7 heteroatoms. The zero-order valence-electron chi connectivity index (χ0n) is 19.4. The fourth-order valence-electron chi connectivity index (χ4n) is 4.20. The third-order valence-corrected chi connectivity index (χ3v) is 5.99. The van der Waals surface area contributed by atoms with Gasteiger partial charge in [-0.25, -0.2) is 4.79 Å². The number of benzene rings is 4. The smallest absolute Gasteiger partial charge is 0.348 e. The second-order valence-electron chi connectivity index (χ2n) is 8.21. The average molecular weight is 482 g/mol. The Morgan fingerprint density at radius 1 is 0.833 bits per heavy atom. The van der Waals surface area contributed by atoms with Gasteiger partial charge in [0.25, 0.3) is 5.91 Å². The van der Waals surface area contributed by atoms with E-state index in [1.54, 1.807) is 72.8 Å². The van der Waals surface area contributed by atoms with Gasteiger partial charge in [-0.15, -0.1) is 0 Å². The number of aliphatic hydroxyl groups is 1. The zero-order chi connectivity index (χ0) is 25.1. The number of hydrogen-bond donors (Lipinski definition) is 2. The largest absolute Gasteiger partial charge is 0.495 e. The third kappa shape index (κ3) is 4.16. The SMILES string of the molecule is COc1cc2c(cc1NC(=O)COC(=O)C(O)(c1ccccc1)c1ccccc1)oc1ccccc12. The van der Waals surface area contributed by atoms with E-state index in [-0.39, 0.29) is 0 Å². The summed E-state index contributed by atoms with van der Waals surface area (Å²) in [4.78, 5) is 25.9. The molecule has 5 rings (SSSR count). The van der Waals surface area contributed by atoms with Gasteiger partial charge in [-0.05, 0) is 23.3 Å². The second-order valence-corrected chi connectivity index (χ2v) is 8.21. The Morgan fingerprint density at radius 3 is 2.08 bits per heavy atom. The summed E-state index contributed by atoms with van der Waals surface area (Å²) < 4.78 is 16.6. The molecule has 2 N–H and O–H groups in total. The molecule has 5 aromatic rings. The van der Waals surface area contributed by atoms with Crippen LogP contribution in [0.5, 0.6) is 5.75 Å². The second kappa shape index (κ2) is 9.56. The topological polar surface area (TPSA) is 98.0 Å². The highest BCUT2D eigenvalue weighted by Gasteiger charge is 2.41. The van der Waals surface area contributed by atoms with E-state index < -0.39 is 24.1 Å². The van der Waals surface area contributed by atoms with E-state index in [9.17, 15) is 14.7 Å². The Kier molecular flexibility index (Phi) is 6.14. The summed E-state index contributed by atoms with van der Waals surface area (Å²) in [6, 6.07) is 28.0. The number of amides is 1. The third-order valence-electron chi connectivity index (χ3n) is 5.99. The summed E-state index contributed by atoms with van der Waals surface area (Å²) in [6.45, 7) is -0.609. The minimum Gasteiger partial charge on any atom is -0.495 e. The van der Waals surface area contributed by atoms with Crippen molar-refractivity contribution in [3.63, 3.8) is 0 Å². The number of ether oxygens (including phenoxy) is 2. The van der Waals surface area contributed by atoms with E-state index in [4.69, 9.17) is 13.9 Å². The van der Waals surface area contributed by atoms with Gasteiger partial charge in [-0.3, -0.25) is 4.79 Å². The predicted octanol–water partition coefficient (Wildman–Crippen LogP) is 5.01. The van der Waals surface area contributed by atoms with Crippen LogP contribution in [0.25, 0.3) is 21.9 Å². The van der Waals surface area contributed by atoms with Crippen LogP contribution in [0.3, 0.4) is 0 Å². The van der Waals surface area contributed by atoms with Crippen molar-refractivity contribution in [2.24, 2.45) is 0 Å². The van der Waals surface area contributed by atoms with Gasteiger partial charge >= 0.3 is 5.97 Å². The fraction of sp³-hybridized carbons (Fsp3) is 0.103. The number of nitrogens with one attached hydrogen (secondary N) is 1. The Morgan fingerprint density at radius 2 is 1.44 bits per heavy atom. The van der Waals surface area contributed by atoms with E-state index >= 15 is 0 Å². The lowest BCUT2D eigenvalue weighted by atomic mass is 9.86. The molecule has 0 aliphatic carbocycles. The fourth-order valence-corrected chi connectivity index (χ4v) is 4.20. The quantitative estimate of drug-likeness (QED) is 0.317. The standard InChI is InChI=1S/C29H23NO6/c1-34-26-16-22-21-14-8-9-15-24(21)36-25(22)17-23(26)30-27(31)18-35-28(32)29(33,19-10-4-2-5-11-19)20-12-6-3-7-13-20/h2-17,33H,18H2,1H3,(H,30,31). The molecule has 1 aromatic heterocycles. The van der Waals surface area contributed by atoms with Crippen LogP contribution < -0.4 is 10.1 Å². The van der Waals surface area contributed by atoms with Crippen molar-refractivity contribution in [1.82, 2.24) is 0 Å². The van der Waals surface area contributed by atoms with E-state index in [2.05, 4.69) is 5.32 Å². The molecule has 0 spiro atoms. The first-order valence-corrected chi connectivity index (χ1v) is 11.3. The Hall–Kier alpha value is -4.62. The number of carbonyl (C=O) groups is 2. The van der Waals surface area contributed by atoms with Crippen molar-refractivity contribution in [3.8, 4) is 5.75 Å². The summed E-state index contributed by atoms with van der Waals surface area (Å²) in [7, 11) is 1.50. The molecule has 0 unspecified atom stereocenters. The van der Waals surface area contributed by atoms with Crippen LogP contribution in [0.2, 0.25) is 0 Å². The van der Waals surface area contributed by atoms with Crippen molar-refractivity contribution >= 4 is 39.5 Å². The highest BCUT2D eigenvalue weighted by Crippen LogP contribution is 2.36. The summed E-state index contributed by atoms with van der Waals surface area (Å²) in [6.07, 6.45) is 0. The Labute approximate surface area is 206 Å². The molecule has 0 bridgehead atoms. The first kappa shape index (κ1) is 23.1. The molecule has 0 radical (unpaired) electrons. The lowest BCUT2D eigenvalue weighted by Gasteiger charge is -2.27. The first-order chi connectivity index (χ1) is 17.5. The van der Waals surface area contributed by atoms with Gasteiger partial charge in [-0.2, -0.15) is 0 Å². The first-order valence-electron chi connectivity index (χ1n) is 11.3. The highest BCUT2D eigenvalue weighted by molar-refractivity contribution is 6.08. The van der Waals surface area contributed by atoms with Crippen molar-refractivity contribution < 1.29 is 28.6 Å². The molecule has 7 nitrogen and oxygen atoms in total. The molecule has 180 valence electrons. The number of carbonyl (C=O) groups excluding carboxylic acids is 2. The minimum absolute atomic E-state index is 0.332. The number of para-hydroxylation sites is 1. The van der Waals surface area contributed by atoms with Gasteiger partial charge in [0.05, 0.1) is 12.8 Å². The maximum Gasteiger partial charge on any atom is 0.348 e. The van der Waals surface area contributed by atoms with Gasteiger partial charge in [0.1, 0.15) is 16.9 Å². The Bertz CT molecular complexity index is 1500. The zero-order valence-corrected chi connectivity index (χ0v) is 19.4. The number of hydrogen-bond acceptors (Lipinski definition) is 6. The van der Waals surface area contributed by atoms with E-state index in [0.29, 0.717) is 33.7 Å². The number of rotatable bonds is 7. The monoisotopic (exact) mass is 481 g/mol. The number of esters is 1. The van der Waals surface area contributed by atoms with Crippen molar-refractivity contribution in [3.05, 3.63) is 108 Å². The molecule has 0 aliphatic rings. The van der Waals surface area contributed by atoms with Crippen LogP contribution in [0.4, 0.5) is 5.69 Å². The lowest BCUT2D eigenvalue weighted by Crippen LogP contribution is -2.39. The molecule has 0 aliphatic heterocycles.